The Morgan fingerprint density at radius 3 is 2.38 bits per heavy atom. The summed E-state index contributed by atoms with van der Waals surface area (Å²) >= 11 is 0. The fraction of sp³-hybridized carbons (Fsp3) is 0.211. The van der Waals surface area contributed by atoms with E-state index >= 15 is 0 Å². The second-order valence-corrected chi connectivity index (χ2v) is 6.17. The van der Waals surface area contributed by atoms with E-state index in [4.69, 9.17) is 0 Å². The van der Waals surface area contributed by atoms with Crippen molar-refractivity contribution in [1.29, 1.82) is 0 Å². The second kappa shape index (κ2) is 6.59. The van der Waals surface area contributed by atoms with Crippen LogP contribution in [0.4, 0.5) is 15.8 Å². The zero-order valence-electron chi connectivity index (χ0n) is 14.0. The molecule has 6 nitrogen and oxygen atoms in total. The molecule has 0 amide bonds. The van der Waals surface area contributed by atoms with E-state index in [1.54, 1.807) is 24.4 Å². The number of aromatic nitrogens is 2. The molecule has 2 aromatic carbocycles. The van der Waals surface area contributed by atoms with Gasteiger partial charge in [0.05, 0.1) is 11.1 Å². The fourth-order valence-corrected chi connectivity index (χ4v) is 3.37. The first-order valence-electron chi connectivity index (χ1n) is 8.35. The normalized spacial score (nSPS) is 14.7. The third kappa shape index (κ3) is 2.92. The summed E-state index contributed by atoms with van der Waals surface area (Å²) in [6.07, 6.45) is 3.03. The van der Waals surface area contributed by atoms with Crippen LogP contribution in [0.15, 0.2) is 48.9 Å². The van der Waals surface area contributed by atoms with Crippen molar-refractivity contribution in [3.05, 3.63) is 60.3 Å². The minimum atomic E-state index is -0.999. The molecule has 0 spiro atoms. The summed E-state index contributed by atoms with van der Waals surface area (Å²) in [6.45, 7) is 3.13. The van der Waals surface area contributed by atoms with Gasteiger partial charge in [-0.05, 0) is 36.4 Å². The van der Waals surface area contributed by atoms with Crippen molar-refractivity contribution in [1.82, 2.24) is 9.97 Å². The quantitative estimate of drug-likeness (QED) is 0.782. The number of rotatable bonds is 3. The van der Waals surface area contributed by atoms with Crippen LogP contribution in [0.3, 0.4) is 0 Å². The molecule has 0 radical (unpaired) electrons. The van der Waals surface area contributed by atoms with Crippen LogP contribution in [0.5, 0.6) is 0 Å². The zero-order valence-corrected chi connectivity index (χ0v) is 14.0. The highest BCUT2D eigenvalue weighted by molar-refractivity contribution is 6.05. The molecule has 2 heterocycles. The summed E-state index contributed by atoms with van der Waals surface area (Å²) in [4.78, 5) is 24.1. The maximum absolute atomic E-state index is 13.1. The van der Waals surface area contributed by atoms with Gasteiger partial charge in [0.2, 0.25) is 0 Å². The highest BCUT2D eigenvalue weighted by Crippen LogP contribution is 2.29. The average Bonchev–Trinajstić information content (AvgIpc) is 2.68. The SMILES string of the molecule is O=C(O)c1ccc(N2CCN(c3ccc(F)cc3)CC2)c2cncnc12. The molecular weight excluding hydrogens is 335 g/mol. The monoisotopic (exact) mass is 352 g/mol. The number of fused-ring (bicyclic) bond motifs is 1. The molecule has 1 N–H and O–H groups in total. The number of halogens is 1. The first-order chi connectivity index (χ1) is 12.6. The van der Waals surface area contributed by atoms with Crippen LogP contribution < -0.4 is 9.80 Å². The summed E-state index contributed by atoms with van der Waals surface area (Å²) in [5.74, 6) is -1.24. The van der Waals surface area contributed by atoms with Gasteiger partial charge in [0.15, 0.2) is 0 Å². The summed E-state index contributed by atoms with van der Waals surface area (Å²) < 4.78 is 13.1. The van der Waals surface area contributed by atoms with Crippen molar-refractivity contribution in [3.63, 3.8) is 0 Å². The Morgan fingerprint density at radius 2 is 1.69 bits per heavy atom. The van der Waals surface area contributed by atoms with Crippen molar-refractivity contribution in [2.24, 2.45) is 0 Å². The zero-order chi connectivity index (χ0) is 18.1. The number of carbonyl (C=O) groups is 1. The lowest BCUT2D eigenvalue weighted by Crippen LogP contribution is -2.46. The van der Waals surface area contributed by atoms with E-state index in [1.807, 2.05) is 6.07 Å². The predicted molar refractivity (Wildman–Crippen MR) is 97.3 cm³/mol. The van der Waals surface area contributed by atoms with Crippen molar-refractivity contribution >= 4 is 28.2 Å². The first kappa shape index (κ1) is 16.3. The van der Waals surface area contributed by atoms with E-state index in [1.165, 1.54) is 18.5 Å². The number of anilines is 2. The Kier molecular flexibility index (Phi) is 4.12. The smallest absolute Gasteiger partial charge is 0.337 e. The third-order valence-corrected chi connectivity index (χ3v) is 4.69. The summed E-state index contributed by atoms with van der Waals surface area (Å²) in [6, 6.07) is 9.93. The molecular formula is C19H17FN4O2. The largest absolute Gasteiger partial charge is 0.478 e. The van der Waals surface area contributed by atoms with Crippen molar-refractivity contribution in [3.8, 4) is 0 Å². The minimum Gasteiger partial charge on any atom is -0.478 e. The lowest BCUT2D eigenvalue weighted by molar-refractivity contribution is 0.0699. The fourth-order valence-electron chi connectivity index (χ4n) is 3.37. The molecule has 1 aliphatic heterocycles. The van der Waals surface area contributed by atoms with Gasteiger partial charge in [0.1, 0.15) is 12.1 Å². The molecule has 132 valence electrons. The number of nitrogens with zero attached hydrogens (tertiary/aromatic N) is 4. The number of benzene rings is 2. The highest BCUT2D eigenvalue weighted by Gasteiger charge is 2.21. The van der Waals surface area contributed by atoms with Gasteiger partial charge in [0.25, 0.3) is 0 Å². The van der Waals surface area contributed by atoms with Crippen molar-refractivity contribution in [2.75, 3.05) is 36.0 Å². The van der Waals surface area contributed by atoms with Gasteiger partial charge in [0, 0.05) is 49.1 Å². The molecule has 1 aliphatic rings. The molecule has 1 aromatic heterocycles. The molecule has 1 saturated heterocycles. The Morgan fingerprint density at radius 1 is 1.00 bits per heavy atom. The standard InChI is InChI=1S/C19H17FN4O2/c20-13-1-3-14(4-2-13)23-7-9-24(10-8-23)17-6-5-15(19(25)26)18-16(17)11-21-12-22-18/h1-6,11-12H,7-10H2,(H,25,26). The molecule has 0 saturated carbocycles. The number of carboxylic acid groups (broad SMARTS) is 1. The molecule has 26 heavy (non-hydrogen) atoms. The summed E-state index contributed by atoms with van der Waals surface area (Å²) in [5, 5.41) is 10.1. The number of hydrogen-bond acceptors (Lipinski definition) is 5. The van der Waals surface area contributed by atoms with Crippen LogP contribution in [0.25, 0.3) is 10.9 Å². The van der Waals surface area contributed by atoms with Gasteiger partial charge in [-0.15, -0.1) is 0 Å². The number of aromatic carboxylic acids is 1. The van der Waals surface area contributed by atoms with Gasteiger partial charge in [-0.25, -0.2) is 19.2 Å². The third-order valence-electron chi connectivity index (χ3n) is 4.69. The molecule has 3 aromatic rings. The van der Waals surface area contributed by atoms with Crippen LogP contribution >= 0.6 is 0 Å². The van der Waals surface area contributed by atoms with E-state index in [-0.39, 0.29) is 11.4 Å². The molecule has 1 fully saturated rings. The molecule has 0 aliphatic carbocycles. The summed E-state index contributed by atoms with van der Waals surface area (Å²) in [5.41, 5.74) is 2.56. The Labute approximate surface area is 149 Å². The van der Waals surface area contributed by atoms with Gasteiger partial charge in [-0.2, -0.15) is 0 Å². The predicted octanol–water partition coefficient (Wildman–Crippen LogP) is 2.79. The molecule has 0 atom stereocenters. The maximum atomic E-state index is 13.1. The number of hydrogen-bond donors (Lipinski definition) is 1. The van der Waals surface area contributed by atoms with Crippen molar-refractivity contribution in [2.45, 2.75) is 0 Å². The van der Waals surface area contributed by atoms with Crippen LogP contribution in [0, 0.1) is 5.82 Å². The highest BCUT2D eigenvalue weighted by atomic mass is 19.1. The molecule has 0 bridgehead atoms. The lowest BCUT2D eigenvalue weighted by Gasteiger charge is -2.37. The average molecular weight is 352 g/mol. The van der Waals surface area contributed by atoms with E-state index in [0.29, 0.717) is 5.52 Å². The molecule has 4 rings (SSSR count). The van der Waals surface area contributed by atoms with Gasteiger partial charge in [-0.3, -0.25) is 0 Å². The van der Waals surface area contributed by atoms with Gasteiger partial charge in [-0.1, -0.05) is 0 Å². The Hall–Kier alpha value is -3.22. The first-order valence-corrected chi connectivity index (χ1v) is 8.35. The lowest BCUT2D eigenvalue weighted by atomic mass is 10.1. The van der Waals surface area contributed by atoms with Crippen LogP contribution in [-0.4, -0.2) is 47.2 Å². The van der Waals surface area contributed by atoms with Gasteiger partial charge >= 0.3 is 5.97 Å². The maximum Gasteiger partial charge on any atom is 0.337 e. The Balaban J connectivity index is 1.59. The van der Waals surface area contributed by atoms with Crippen molar-refractivity contribution < 1.29 is 14.3 Å². The van der Waals surface area contributed by atoms with E-state index in [0.717, 1.165) is 42.9 Å². The van der Waals surface area contributed by atoms with Crippen LogP contribution in [0.1, 0.15) is 10.4 Å². The molecule has 7 heteroatoms. The van der Waals surface area contributed by atoms with E-state index in [2.05, 4.69) is 19.8 Å². The Bertz CT molecular complexity index is 953. The number of piperazine rings is 1. The number of carboxylic acids is 1. The minimum absolute atomic E-state index is 0.177. The van der Waals surface area contributed by atoms with Crippen LogP contribution in [-0.2, 0) is 0 Å². The second-order valence-electron chi connectivity index (χ2n) is 6.17. The molecule has 0 unspecified atom stereocenters. The van der Waals surface area contributed by atoms with Gasteiger partial charge < -0.3 is 14.9 Å². The van der Waals surface area contributed by atoms with E-state index < -0.39 is 5.97 Å². The summed E-state index contributed by atoms with van der Waals surface area (Å²) in [7, 11) is 0. The topological polar surface area (TPSA) is 69.6 Å². The van der Waals surface area contributed by atoms with Crippen LogP contribution in [0.2, 0.25) is 0 Å². The van der Waals surface area contributed by atoms with E-state index in [9.17, 15) is 14.3 Å².